The Kier molecular flexibility index (Phi) is 3.66. The highest BCUT2D eigenvalue weighted by Crippen LogP contribution is 2.38. The van der Waals surface area contributed by atoms with Crippen LogP contribution in [0.25, 0.3) is 11.2 Å². The second-order valence-electron chi connectivity index (χ2n) is 5.55. The van der Waals surface area contributed by atoms with Crippen LogP contribution in [0.3, 0.4) is 0 Å². The number of carbonyl (C=O) groups excluding carboxylic acids is 1. The van der Waals surface area contributed by atoms with Crippen LogP contribution in [0.15, 0.2) is 12.7 Å². The Morgan fingerprint density at radius 2 is 2.26 bits per heavy atom. The summed E-state index contributed by atoms with van der Waals surface area (Å²) in [4.78, 5) is 24.1. The predicted molar refractivity (Wildman–Crippen MR) is 79.0 cm³/mol. The Labute approximate surface area is 131 Å². The molecule has 0 aromatic carbocycles. The number of nitrogen functional groups attached to an aromatic ring is 1. The Balaban J connectivity index is 2.00. The van der Waals surface area contributed by atoms with Gasteiger partial charge in [-0.2, -0.15) is 0 Å². The fraction of sp³-hybridized carbons (Fsp3) is 0.538. The van der Waals surface area contributed by atoms with Crippen LogP contribution in [0.5, 0.6) is 0 Å². The summed E-state index contributed by atoms with van der Waals surface area (Å²) in [6.45, 7) is 3.48. The number of aromatic nitrogens is 4. The molecule has 1 aliphatic heterocycles. The smallest absolute Gasteiger partial charge is 0.252 e. The van der Waals surface area contributed by atoms with E-state index in [0.717, 1.165) is 0 Å². The van der Waals surface area contributed by atoms with E-state index in [0.29, 0.717) is 17.7 Å². The molecular weight excluding hydrogens is 304 g/mol. The van der Waals surface area contributed by atoms with E-state index in [1.165, 1.54) is 24.1 Å². The van der Waals surface area contributed by atoms with Crippen molar-refractivity contribution in [3.63, 3.8) is 0 Å². The zero-order valence-corrected chi connectivity index (χ0v) is 12.7. The van der Waals surface area contributed by atoms with E-state index in [4.69, 9.17) is 10.5 Å². The third-order valence-corrected chi connectivity index (χ3v) is 3.93. The molecule has 2 aromatic heterocycles. The van der Waals surface area contributed by atoms with Gasteiger partial charge in [0.15, 0.2) is 23.8 Å². The first kappa shape index (κ1) is 15.6. The third-order valence-electron chi connectivity index (χ3n) is 3.93. The Bertz CT molecular complexity index is 745. The average molecular weight is 322 g/mol. The van der Waals surface area contributed by atoms with E-state index < -0.39 is 29.9 Å². The van der Waals surface area contributed by atoms with Crippen LogP contribution in [0.2, 0.25) is 0 Å². The summed E-state index contributed by atoms with van der Waals surface area (Å²) in [5.74, 6) is -0.314. The highest BCUT2D eigenvalue weighted by Gasteiger charge is 2.56. The van der Waals surface area contributed by atoms with E-state index in [1.807, 2.05) is 0 Å². The van der Waals surface area contributed by atoms with Gasteiger partial charge in [0, 0.05) is 6.54 Å². The molecule has 23 heavy (non-hydrogen) atoms. The van der Waals surface area contributed by atoms with E-state index in [2.05, 4.69) is 20.3 Å². The molecule has 1 amide bonds. The topological polar surface area (TPSA) is 148 Å². The molecule has 0 aliphatic carbocycles. The van der Waals surface area contributed by atoms with Gasteiger partial charge in [-0.05, 0) is 13.8 Å². The fourth-order valence-corrected chi connectivity index (χ4v) is 2.66. The summed E-state index contributed by atoms with van der Waals surface area (Å²) in [7, 11) is 0. The van der Waals surface area contributed by atoms with Crippen LogP contribution in [0, 0.1) is 0 Å². The molecule has 4 atom stereocenters. The zero-order valence-electron chi connectivity index (χ0n) is 12.7. The van der Waals surface area contributed by atoms with Crippen molar-refractivity contribution in [2.75, 3.05) is 12.3 Å². The van der Waals surface area contributed by atoms with Gasteiger partial charge >= 0.3 is 0 Å². The van der Waals surface area contributed by atoms with Crippen molar-refractivity contribution in [3.8, 4) is 0 Å². The fourth-order valence-electron chi connectivity index (χ4n) is 2.66. The van der Waals surface area contributed by atoms with E-state index in [1.54, 1.807) is 6.92 Å². The lowest BCUT2D eigenvalue weighted by Crippen LogP contribution is -2.51. The van der Waals surface area contributed by atoms with Gasteiger partial charge in [0.05, 0.1) is 6.33 Å². The van der Waals surface area contributed by atoms with Crippen LogP contribution >= 0.6 is 0 Å². The standard InChI is InChI=1S/C13H18N6O4/c1-3-15-11(21)8-13(2,22)7(20)12(23-8)19-5-18-6-9(14)16-4-17-10(6)19/h4-5,7-8,12,20,22H,3H2,1-2H3,(H,15,21)(H2,14,16,17)/t7-,8+,12+,13-/m0/s1. The van der Waals surface area contributed by atoms with Crippen LogP contribution in [0.4, 0.5) is 5.82 Å². The molecular formula is C13H18N6O4. The lowest BCUT2D eigenvalue weighted by atomic mass is 9.94. The zero-order chi connectivity index (χ0) is 16.8. The normalized spacial score (nSPS) is 30.7. The SMILES string of the molecule is CCNC(=O)[C@H]1O[C@@H](n2cnc3c(N)ncnc32)[C@H](O)[C@]1(C)O. The number of ether oxygens (including phenoxy) is 1. The maximum atomic E-state index is 12.1. The van der Waals surface area contributed by atoms with Gasteiger partial charge in [-0.1, -0.05) is 0 Å². The molecule has 0 bridgehead atoms. The van der Waals surface area contributed by atoms with Crippen molar-refractivity contribution in [2.45, 2.75) is 37.9 Å². The lowest BCUT2D eigenvalue weighted by Gasteiger charge is -2.25. The van der Waals surface area contributed by atoms with Gasteiger partial charge in [0.25, 0.3) is 5.91 Å². The van der Waals surface area contributed by atoms with Gasteiger partial charge in [-0.15, -0.1) is 0 Å². The van der Waals surface area contributed by atoms with E-state index in [-0.39, 0.29) is 5.82 Å². The minimum Gasteiger partial charge on any atom is -0.385 e. The summed E-state index contributed by atoms with van der Waals surface area (Å²) in [5, 5.41) is 23.5. The third kappa shape index (κ3) is 2.31. The molecule has 0 saturated carbocycles. The molecule has 2 aromatic rings. The number of nitrogens with one attached hydrogen (secondary N) is 1. The number of nitrogens with two attached hydrogens (primary N) is 1. The molecule has 0 unspecified atom stereocenters. The monoisotopic (exact) mass is 322 g/mol. The van der Waals surface area contributed by atoms with E-state index in [9.17, 15) is 15.0 Å². The Morgan fingerprint density at radius 3 is 2.96 bits per heavy atom. The maximum absolute atomic E-state index is 12.1. The van der Waals surface area contributed by atoms with Crippen LogP contribution in [0.1, 0.15) is 20.1 Å². The van der Waals surface area contributed by atoms with Crippen molar-refractivity contribution in [2.24, 2.45) is 0 Å². The summed E-state index contributed by atoms with van der Waals surface area (Å²) < 4.78 is 7.03. The molecule has 3 rings (SSSR count). The molecule has 1 aliphatic rings. The van der Waals surface area contributed by atoms with Gasteiger partial charge in [0.2, 0.25) is 0 Å². The number of aliphatic hydroxyl groups excluding tert-OH is 1. The molecule has 0 radical (unpaired) electrons. The van der Waals surface area contributed by atoms with Crippen molar-refractivity contribution in [1.29, 1.82) is 0 Å². The van der Waals surface area contributed by atoms with Gasteiger partial charge in [-0.3, -0.25) is 9.36 Å². The molecule has 10 nitrogen and oxygen atoms in total. The number of fused-ring (bicyclic) bond motifs is 1. The number of carbonyl (C=O) groups is 1. The van der Waals surface area contributed by atoms with Crippen molar-refractivity contribution < 1.29 is 19.7 Å². The second kappa shape index (κ2) is 5.41. The van der Waals surface area contributed by atoms with Crippen LogP contribution in [-0.2, 0) is 9.53 Å². The predicted octanol–water partition coefficient (Wildman–Crippen LogP) is -1.45. The second-order valence-corrected chi connectivity index (χ2v) is 5.55. The molecule has 0 spiro atoms. The summed E-state index contributed by atoms with van der Waals surface area (Å²) >= 11 is 0. The first-order valence-corrected chi connectivity index (χ1v) is 7.14. The highest BCUT2D eigenvalue weighted by molar-refractivity contribution is 5.83. The van der Waals surface area contributed by atoms with Gasteiger partial charge < -0.3 is 26.0 Å². The number of amides is 1. The Hall–Kier alpha value is -2.30. The number of likely N-dealkylation sites (N-methyl/N-ethyl adjacent to an activating group) is 1. The Morgan fingerprint density at radius 1 is 1.52 bits per heavy atom. The molecule has 3 heterocycles. The highest BCUT2D eigenvalue weighted by atomic mass is 16.6. The van der Waals surface area contributed by atoms with Crippen LogP contribution < -0.4 is 11.1 Å². The summed E-state index contributed by atoms with van der Waals surface area (Å²) in [6, 6.07) is 0. The molecule has 124 valence electrons. The van der Waals surface area contributed by atoms with Crippen molar-refractivity contribution in [3.05, 3.63) is 12.7 Å². The van der Waals surface area contributed by atoms with E-state index >= 15 is 0 Å². The molecule has 1 saturated heterocycles. The molecule has 5 N–H and O–H groups in total. The first-order valence-electron chi connectivity index (χ1n) is 7.14. The number of hydrogen-bond acceptors (Lipinski definition) is 8. The number of aliphatic hydroxyl groups is 2. The van der Waals surface area contributed by atoms with Gasteiger partial charge in [0.1, 0.15) is 23.5 Å². The van der Waals surface area contributed by atoms with Crippen LogP contribution in [-0.4, -0.2) is 60.0 Å². The minimum absolute atomic E-state index is 0.188. The summed E-state index contributed by atoms with van der Waals surface area (Å²) in [5.41, 5.74) is 4.66. The minimum atomic E-state index is -1.76. The first-order chi connectivity index (χ1) is 10.9. The van der Waals surface area contributed by atoms with Gasteiger partial charge in [-0.25, -0.2) is 15.0 Å². The quantitative estimate of drug-likeness (QED) is 0.536. The van der Waals surface area contributed by atoms with Crippen molar-refractivity contribution in [1.82, 2.24) is 24.8 Å². The number of rotatable bonds is 3. The maximum Gasteiger partial charge on any atom is 0.252 e. The number of hydrogen-bond donors (Lipinski definition) is 4. The average Bonchev–Trinajstić information content (AvgIpc) is 3.01. The number of imidazole rings is 1. The number of anilines is 1. The lowest BCUT2D eigenvalue weighted by molar-refractivity contribution is -0.143. The molecule has 1 fully saturated rings. The van der Waals surface area contributed by atoms with Crippen molar-refractivity contribution >= 4 is 22.9 Å². The molecule has 10 heteroatoms. The summed E-state index contributed by atoms with van der Waals surface area (Å²) in [6.07, 6.45) is -0.976. The largest absolute Gasteiger partial charge is 0.385 e. The number of nitrogens with zero attached hydrogens (tertiary/aromatic N) is 4.